The number of amides is 1. The number of halogens is 4. The smallest absolute Gasteiger partial charge is 0.348 e. The average molecular weight is 283 g/mol. The number of carbonyl (C=O) groups excluding carboxylic acids is 1. The summed E-state index contributed by atoms with van der Waals surface area (Å²) >= 11 is 0. The predicted octanol–water partition coefficient (Wildman–Crippen LogP) is 0.439. The van der Waals surface area contributed by atoms with Crippen LogP contribution in [0.25, 0.3) is 0 Å². The van der Waals surface area contributed by atoms with Crippen LogP contribution in [0.15, 0.2) is 0 Å². The third-order valence-electron chi connectivity index (χ3n) is 3.43. The molecule has 1 amide bonds. The highest BCUT2D eigenvalue weighted by Gasteiger charge is 2.40. The summed E-state index contributed by atoms with van der Waals surface area (Å²) in [5.41, 5.74) is 0. The number of rotatable bonds is 3. The molecule has 0 spiro atoms. The van der Waals surface area contributed by atoms with E-state index >= 15 is 0 Å². The van der Waals surface area contributed by atoms with E-state index < -0.39 is 24.9 Å². The highest BCUT2D eigenvalue weighted by Crippen LogP contribution is 2.21. The van der Waals surface area contributed by atoms with E-state index in [1.54, 1.807) is 0 Å². The molecule has 0 radical (unpaired) electrons. The van der Waals surface area contributed by atoms with Gasteiger partial charge in [0.2, 0.25) is 5.91 Å². The molecular weight excluding hydrogens is 266 g/mol. The van der Waals surface area contributed by atoms with E-state index in [9.17, 15) is 22.4 Å². The van der Waals surface area contributed by atoms with Gasteiger partial charge in [-0.25, -0.2) is 4.39 Å². The van der Waals surface area contributed by atoms with Gasteiger partial charge >= 0.3 is 6.18 Å². The lowest BCUT2D eigenvalue weighted by Crippen LogP contribution is -2.48. The van der Waals surface area contributed by atoms with Crippen molar-refractivity contribution in [3.8, 4) is 0 Å². The first-order valence-electron chi connectivity index (χ1n) is 6.32. The van der Waals surface area contributed by atoms with Crippen molar-refractivity contribution in [3.63, 3.8) is 0 Å². The SMILES string of the molecule is O=C(NC1CN(CC(F)(F)F)CC1F)C1CCCN1. The van der Waals surface area contributed by atoms with Crippen molar-refractivity contribution < 1.29 is 22.4 Å². The largest absolute Gasteiger partial charge is 0.401 e. The maximum atomic E-state index is 13.6. The quantitative estimate of drug-likeness (QED) is 0.739. The molecule has 2 rings (SSSR count). The first-order chi connectivity index (χ1) is 8.85. The monoisotopic (exact) mass is 283 g/mol. The summed E-state index contributed by atoms with van der Waals surface area (Å²) in [6.07, 6.45) is -4.23. The van der Waals surface area contributed by atoms with E-state index in [-0.39, 0.29) is 25.0 Å². The molecule has 4 nitrogen and oxygen atoms in total. The molecule has 0 saturated carbocycles. The van der Waals surface area contributed by atoms with Crippen molar-refractivity contribution in [2.75, 3.05) is 26.2 Å². The maximum Gasteiger partial charge on any atom is 0.401 e. The number of nitrogens with zero attached hydrogens (tertiary/aromatic N) is 1. The number of carbonyl (C=O) groups is 1. The normalized spacial score (nSPS) is 32.7. The van der Waals surface area contributed by atoms with Crippen LogP contribution in [-0.4, -0.2) is 61.4 Å². The number of alkyl halides is 4. The molecule has 2 saturated heterocycles. The van der Waals surface area contributed by atoms with Crippen molar-refractivity contribution >= 4 is 5.91 Å². The maximum absolute atomic E-state index is 13.6. The summed E-state index contributed by atoms with van der Waals surface area (Å²) in [5, 5.41) is 5.47. The van der Waals surface area contributed by atoms with E-state index in [1.807, 2.05) is 0 Å². The van der Waals surface area contributed by atoms with Crippen LogP contribution in [0.3, 0.4) is 0 Å². The third-order valence-corrected chi connectivity index (χ3v) is 3.43. The van der Waals surface area contributed by atoms with Crippen molar-refractivity contribution in [2.45, 2.75) is 37.3 Å². The van der Waals surface area contributed by atoms with E-state index in [1.165, 1.54) is 0 Å². The van der Waals surface area contributed by atoms with Crippen LogP contribution in [0, 0.1) is 0 Å². The molecule has 3 atom stereocenters. The molecule has 2 N–H and O–H groups in total. The molecule has 3 unspecified atom stereocenters. The first-order valence-corrected chi connectivity index (χ1v) is 6.32. The van der Waals surface area contributed by atoms with Gasteiger partial charge in [0, 0.05) is 13.1 Å². The minimum atomic E-state index is -4.34. The van der Waals surface area contributed by atoms with Crippen molar-refractivity contribution in [3.05, 3.63) is 0 Å². The Kier molecular flexibility index (Phi) is 4.29. The molecule has 0 aromatic heterocycles. The van der Waals surface area contributed by atoms with Crippen molar-refractivity contribution in [1.82, 2.24) is 15.5 Å². The summed E-state index contributed by atoms with van der Waals surface area (Å²) in [6.45, 7) is -0.787. The van der Waals surface area contributed by atoms with Gasteiger partial charge in [0.25, 0.3) is 0 Å². The molecule has 0 aromatic carbocycles. The van der Waals surface area contributed by atoms with E-state index in [0.29, 0.717) is 6.42 Å². The Balaban J connectivity index is 1.82. The fourth-order valence-corrected chi connectivity index (χ4v) is 2.55. The Labute approximate surface area is 108 Å². The van der Waals surface area contributed by atoms with Gasteiger partial charge in [0.05, 0.1) is 18.6 Å². The molecule has 2 aliphatic heterocycles. The Morgan fingerprint density at radius 2 is 2.11 bits per heavy atom. The van der Waals surface area contributed by atoms with Gasteiger partial charge < -0.3 is 10.6 Å². The summed E-state index contributed by atoms with van der Waals surface area (Å²) in [7, 11) is 0. The summed E-state index contributed by atoms with van der Waals surface area (Å²) in [5.74, 6) is -0.320. The summed E-state index contributed by atoms with van der Waals surface area (Å²) in [6, 6.07) is -1.19. The van der Waals surface area contributed by atoms with Crippen LogP contribution in [0.4, 0.5) is 17.6 Å². The minimum absolute atomic E-state index is 0.0981. The molecule has 2 fully saturated rings. The molecule has 2 aliphatic rings. The molecule has 0 aromatic rings. The lowest BCUT2D eigenvalue weighted by molar-refractivity contribution is -0.143. The zero-order valence-electron chi connectivity index (χ0n) is 10.3. The van der Waals surface area contributed by atoms with Gasteiger partial charge in [-0.05, 0) is 19.4 Å². The van der Waals surface area contributed by atoms with E-state index in [4.69, 9.17) is 0 Å². The fraction of sp³-hybridized carbons (Fsp3) is 0.909. The second-order valence-corrected chi connectivity index (χ2v) is 5.09. The lowest BCUT2D eigenvalue weighted by Gasteiger charge is -2.19. The topological polar surface area (TPSA) is 44.4 Å². The second-order valence-electron chi connectivity index (χ2n) is 5.09. The molecular formula is C11H17F4N3O. The first kappa shape index (κ1) is 14.5. The molecule has 0 aliphatic carbocycles. The third kappa shape index (κ3) is 4.04. The number of hydrogen-bond donors (Lipinski definition) is 2. The average Bonchev–Trinajstić information content (AvgIpc) is 2.87. The number of likely N-dealkylation sites (tertiary alicyclic amines) is 1. The Hall–Kier alpha value is -0.890. The predicted molar refractivity (Wildman–Crippen MR) is 60.3 cm³/mol. The van der Waals surface area contributed by atoms with Crippen molar-refractivity contribution in [2.24, 2.45) is 0 Å². The van der Waals surface area contributed by atoms with Gasteiger partial charge in [-0.15, -0.1) is 0 Å². The zero-order valence-corrected chi connectivity index (χ0v) is 10.3. The molecule has 110 valence electrons. The minimum Gasteiger partial charge on any atom is -0.348 e. The number of nitrogens with one attached hydrogen (secondary N) is 2. The highest BCUT2D eigenvalue weighted by molar-refractivity contribution is 5.82. The van der Waals surface area contributed by atoms with Crippen LogP contribution in [0.5, 0.6) is 0 Å². The lowest BCUT2D eigenvalue weighted by atomic mass is 10.2. The summed E-state index contributed by atoms with van der Waals surface area (Å²) in [4.78, 5) is 12.7. The highest BCUT2D eigenvalue weighted by atomic mass is 19.4. The van der Waals surface area contributed by atoms with Gasteiger partial charge in [0.15, 0.2) is 0 Å². The van der Waals surface area contributed by atoms with E-state index in [0.717, 1.165) is 17.9 Å². The van der Waals surface area contributed by atoms with Gasteiger partial charge in [-0.3, -0.25) is 9.69 Å². The van der Waals surface area contributed by atoms with Crippen LogP contribution in [0.1, 0.15) is 12.8 Å². The Bertz CT molecular complexity index is 330. The van der Waals surface area contributed by atoms with Crippen LogP contribution in [0.2, 0.25) is 0 Å². The van der Waals surface area contributed by atoms with Gasteiger partial charge in [-0.1, -0.05) is 0 Å². The Morgan fingerprint density at radius 3 is 2.68 bits per heavy atom. The van der Waals surface area contributed by atoms with Crippen LogP contribution >= 0.6 is 0 Å². The van der Waals surface area contributed by atoms with Crippen molar-refractivity contribution in [1.29, 1.82) is 0 Å². The molecule has 8 heteroatoms. The zero-order chi connectivity index (χ0) is 14.0. The van der Waals surface area contributed by atoms with Crippen LogP contribution in [-0.2, 0) is 4.79 Å². The van der Waals surface area contributed by atoms with Gasteiger partial charge in [0.1, 0.15) is 6.17 Å². The van der Waals surface area contributed by atoms with Crippen LogP contribution < -0.4 is 10.6 Å². The summed E-state index contributed by atoms with van der Waals surface area (Å²) < 4.78 is 50.2. The fourth-order valence-electron chi connectivity index (χ4n) is 2.55. The Morgan fingerprint density at radius 1 is 1.37 bits per heavy atom. The standard InChI is InChI=1S/C11H17F4N3O/c12-7-4-18(6-11(13,14)15)5-9(7)17-10(19)8-2-1-3-16-8/h7-9,16H,1-6H2,(H,17,19). The molecule has 19 heavy (non-hydrogen) atoms. The van der Waals surface area contributed by atoms with E-state index in [2.05, 4.69) is 10.6 Å². The molecule has 0 bridgehead atoms. The second kappa shape index (κ2) is 5.62. The van der Waals surface area contributed by atoms with Gasteiger partial charge in [-0.2, -0.15) is 13.2 Å². The number of hydrogen-bond acceptors (Lipinski definition) is 3. The molecule has 2 heterocycles.